The number of alkyl halides is 1. The largest absolute Gasteiger partial charge is 0.382 e. The van der Waals surface area contributed by atoms with Crippen molar-refractivity contribution in [2.24, 2.45) is 0 Å². The maximum Gasteiger partial charge on any atom is 0.321 e. The van der Waals surface area contributed by atoms with Gasteiger partial charge in [-0.15, -0.1) is 11.6 Å². The summed E-state index contributed by atoms with van der Waals surface area (Å²) >= 11 is 5.46. The Hall–Kier alpha value is -0.810. The second-order valence-corrected chi connectivity index (χ2v) is 3.57. The van der Waals surface area contributed by atoms with E-state index < -0.39 is 17.3 Å². The van der Waals surface area contributed by atoms with Crippen LogP contribution in [0.4, 0.5) is 4.79 Å². The highest BCUT2D eigenvalue weighted by molar-refractivity contribution is 6.31. The number of nitrogens with one attached hydrogen (secondary N) is 2. The van der Waals surface area contributed by atoms with Gasteiger partial charge in [0.05, 0.1) is 0 Å². The summed E-state index contributed by atoms with van der Waals surface area (Å²) in [5.41, 5.74) is 0. The number of ether oxygens (including phenoxy) is 1. The molecule has 0 aliphatic rings. The molecule has 0 aliphatic carbocycles. The van der Waals surface area contributed by atoms with E-state index in [-0.39, 0.29) is 0 Å². The molecule has 6 heteroatoms. The average molecular weight is 237 g/mol. The predicted octanol–water partition coefficient (Wildman–Crippen LogP) is 0.866. The van der Waals surface area contributed by atoms with Gasteiger partial charge in [-0.25, -0.2) is 4.79 Å². The van der Waals surface area contributed by atoms with Crippen LogP contribution >= 0.6 is 11.6 Å². The molecular weight excluding hydrogens is 220 g/mol. The van der Waals surface area contributed by atoms with Gasteiger partial charge in [-0.2, -0.15) is 0 Å². The standard InChI is InChI=1S/C9H17ClN2O3/c1-3-15-6-4-5-11-9(14)12-8(13)7(2)10/h7H,3-6H2,1-2H3,(H2,11,12,13,14). The molecule has 0 bridgehead atoms. The summed E-state index contributed by atoms with van der Waals surface area (Å²) in [6.07, 6.45) is 0.714. The van der Waals surface area contributed by atoms with Gasteiger partial charge in [0.2, 0.25) is 5.91 Å². The van der Waals surface area contributed by atoms with Crippen LogP contribution in [-0.2, 0) is 9.53 Å². The fourth-order valence-electron chi connectivity index (χ4n) is 0.776. The van der Waals surface area contributed by atoms with Crippen molar-refractivity contribution in [2.45, 2.75) is 25.6 Å². The minimum absolute atomic E-state index is 0.468. The zero-order valence-electron chi connectivity index (χ0n) is 9.01. The molecule has 2 N–H and O–H groups in total. The maximum absolute atomic E-state index is 11.0. The minimum atomic E-state index is -0.709. The van der Waals surface area contributed by atoms with Gasteiger partial charge in [0, 0.05) is 19.8 Å². The van der Waals surface area contributed by atoms with Gasteiger partial charge in [0.25, 0.3) is 0 Å². The van der Waals surface area contributed by atoms with E-state index in [0.29, 0.717) is 26.2 Å². The van der Waals surface area contributed by atoms with Crippen molar-refractivity contribution in [3.8, 4) is 0 Å². The Morgan fingerprint density at radius 3 is 2.67 bits per heavy atom. The maximum atomic E-state index is 11.0. The summed E-state index contributed by atoms with van der Waals surface area (Å²) in [4.78, 5) is 22.0. The lowest BCUT2D eigenvalue weighted by atomic mass is 10.4. The van der Waals surface area contributed by atoms with Gasteiger partial charge in [0.1, 0.15) is 5.38 Å². The number of amides is 3. The highest BCUT2D eigenvalue weighted by Crippen LogP contribution is 1.91. The number of carbonyl (C=O) groups excluding carboxylic acids is 2. The lowest BCUT2D eigenvalue weighted by molar-refractivity contribution is -0.119. The summed E-state index contributed by atoms with van der Waals surface area (Å²) in [6.45, 7) is 5.13. The molecule has 0 rings (SSSR count). The number of hydrogen-bond donors (Lipinski definition) is 2. The number of rotatable bonds is 6. The number of carbonyl (C=O) groups is 2. The summed E-state index contributed by atoms with van der Waals surface area (Å²) in [6, 6.07) is -0.524. The van der Waals surface area contributed by atoms with Crippen molar-refractivity contribution in [3.05, 3.63) is 0 Å². The highest BCUT2D eigenvalue weighted by Gasteiger charge is 2.11. The van der Waals surface area contributed by atoms with Crippen molar-refractivity contribution < 1.29 is 14.3 Å². The Bertz CT molecular complexity index is 210. The van der Waals surface area contributed by atoms with Crippen molar-refractivity contribution >= 4 is 23.5 Å². The van der Waals surface area contributed by atoms with Crippen LogP contribution in [0.5, 0.6) is 0 Å². The van der Waals surface area contributed by atoms with E-state index in [1.165, 1.54) is 6.92 Å². The SMILES string of the molecule is CCOCCCNC(=O)NC(=O)C(C)Cl. The molecule has 0 aliphatic heterocycles. The van der Waals surface area contributed by atoms with E-state index in [0.717, 1.165) is 0 Å². The van der Waals surface area contributed by atoms with Crippen LogP contribution in [0, 0.1) is 0 Å². The topological polar surface area (TPSA) is 67.4 Å². The van der Waals surface area contributed by atoms with E-state index in [9.17, 15) is 9.59 Å². The smallest absolute Gasteiger partial charge is 0.321 e. The third kappa shape index (κ3) is 8.20. The molecule has 1 atom stereocenters. The van der Waals surface area contributed by atoms with Crippen LogP contribution in [0.3, 0.4) is 0 Å². The van der Waals surface area contributed by atoms with Gasteiger partial charge in [0.15, 0.2) is 0 Å². The van der Waals surface area contributed by atoms with Crippen molar-refractivity contribution in [2.75, 3.05) is 19.8 Å². The predicted molar refractivity (Wildman–Crippen MR) is 58.0 cm³/mol. The molecule has 0 spiro atoms. The van der Waals surface area contributed by atoms with Gasteiger partial charge in [-0.3, -0.25) is 10.1 Å². The van der Waals surface area contributed by atoms with Gasteiger partial charge in [-0.1, -0.05) is 0 Å². The average Bonchev–Trinajstić information content (AvgIpc) is 2.17. The first-order valence-electron chi connectivity index (χ1n) is 4.88. The molecule has 5 nitrogen and oxygen atoms in total. The first-order chi connectivity index (χ1) is 7.07. The summed E-state index contributed by atoms with van der Waals surface area (Å²) in [5, 5.41) is 3.92. The lowest BCUT2D eigenvalue weighted by Crippen LogP contribution is -2.42. The summed E-state index contributed by atoms with van der Waals surface area (Å²) in [7, 11) is 0. The molecule has 0 aromatic carbocycles. The van der Waals surface area contributed by atoms with E-state index >= 15 is 0 Å². The first-order valence-corrected chi connectivity index (χ1v) is 5.32. The Morgan fingerprint density at radius 2 is 2.13 bits per heavy atom. The number of hydrogen-bond acceptors (Lipinski definition) is 3. The minimum Gasteiger partial charge on any atom is -0.382 e. The second-order valence-electron chi connectivity index (χ2n) is 2.91. The molecule has 88 valence electrons. The number of halogens is 1. The second kappa shape index (κ2) is 8.49. The third-order valence-electron chi connectivity index (χ3n) is 1.55. The third-order valence-corrected chi connectivity index (χ3v) is 1.75. The Balaban J connectivity index is 3.45. The highest BCUT2D eigenvalue weighted by atomic mass is 35.5. The Kier molecular flexibility index (Phi) is 8.04. The zero-order chi connectivity index (χ0) is 11.7. The van der Waals surface area contributed by atoms with Gasteiger partial charge in [-0.05, 0) is 20.3 Å². The number of imide groups is 1. The molecule has 0 aromatic rings. The van der Waals surface area contributed by atoms with Crippen LogP contribution in [0.1, 0.15) is 20.3 Å². The molecule has 0 radical (unpaired) electrons. The lowest BCUT2D eigenvalue weighted by Gasteiger charge is -2.07. The van der Waals surface area contributed by atoms with Crippen molar-refractivity contribution in [1.29, 1.82) is 0 Å². The molecule has 0 saturated carbocycles. The fourth-order valence-corrected chi connectivity index (χ4v) is 0.831. The molecule has 0 saturated heterocycles. The molecule has 0 heterocycles. The Morgan fingerprint density at radius 1 is 1.47 bits per heavy atom. The summed E-state index contributed by atoms with van der Waals surface area (Å²) in [5.74, 6) is -0.501. The van der Waals surface area contributed by atoms with Gasteiger partial charge >= 0.3 is 6.03 Å². The normalized spacial score (nSPS) is 11.9. The monoisotopic (exact) mass is 236 g/mol. The van der Waals surface area contributed by atoms with Crippen LogP contribution in [-0.4, -0.2) is 37.1 Å². The van der Waals surface area contributed by atoms with Crippen LogP contribution in [0.15, 0.2) is 0 Å². The van der Waals surface area contributed by atoms with E-state index in [2.05, 4.69) is 10.6 Å². The molecule has 0 aromatic heterocycles. The van der Waals surface area contributed by atoms with E-state index in [4.69, 9.17) is 16.3 Å². The molecule has 1 unspecified atom stereocenters. The quantitative estimate of drug-likeness (QED) is 0.531. The van der Waals surface area contributed by atoms with Crippen molar-refractivity contribution in [3.63, 3.8) is 0 Å². The van der Waals surface area contributed by atoms with Crippen LogP contribution in [0.25, 0.3) is 0 Å². The fraction of sp³-hybridized carbons (Fsp3) is 0.778. The Labute approximate surface area is 94.5 Å². The van der Waals surface area contributed by atoms with E-state index in [1.54, 1.807) is 0 Å². The molecule has 15 heavy (non-hydrogen) atoms. The van der Waals surface area contributed by atoms with Crippen LogP contribution in [0.2, 0.25) is 0 Å². The van der Waals surface area contributed by atoms with E-state index in [1.807, 2.05) is 6.92 Å². The van der Waals surface area contributed by atoms with Gasteiger partial charge < -0.3 is 10.1 Å². The molecule has 0 fully saturated rings. The molecule has 3 amide bonds. The van der Waals surface area contributed by atoms with Crippen molar-refractivity contribution in [1.82, 2.24) is 10.6 Å². The molecular formula is C9H17ClN2O3. The van der Waals surface area contributed by atoms with Crippen LogP contribution < -0.4 is 10.6 Å². The first kappa shape index (κ1) is 14.2. The summed E-state index contributed by atoms with van der Waals surface area (Å²) < 4.78 is 5.07. The number of urea groups is 1. The zero-order valence-corrected chi connectivity index (χ0v) is 9.76.